The first-order valence-corrected chi connectivity index (χ1v) is 5.56. The Hall–Kier alpha value is -1.01. The molecule has 6 heteroatoms. The number of hydrogen-bond donors (Lipinski definition) is 1. The van der Waals surface area contributed by atoms with Crippen LogP contribution in [0.5, 0.6) is 0 Å². The fourth-order valence-corrected chi connectivity index (χ4v) is 1.88. The van der Waals surface area contributed by atoms with E-state index < -0.39 is 27.6 Å². The third-order valence-electron chi connectivity index (χ3n) is 1.72. The number of pyridine rings is 1. The molecule has 0 saturated carbocycles. The van der Waals surface area contributed by atoms with Gasteiger partial charge in [0.15, 0.2) is 0 Å². The van der Waals surface area contributed by atoms with Gasteiger partial charge in [0.2, 0.25) is 0 Å². The summed E-state index contributed by atoms with van der Waals surface area (Å²) in [6.45, 7) is 1.59. The monoisotopic (exact) mass is 219 g/mol. The Morgan fingerprint density at radius 1 is 1.57 bits per heavy atom. The summed E-state index contributed by atoms with van der Waals surface area (Å²) >= 11 is 0. The van der Waals surface area contributed by atoms with Gasteiger partial charge in [-0.2, -0.15) is 8.42 Å². The van der Waals surface area contributed by atoms with Crippen LogP contribution in [0, 0.1) is 5.82 Å². The maximum atomic E-state index is 12.5. The summed E-state index contributed by atoms with van der Waals surface area (Å²) < 4.78 is 42.1. The fraction of sp³-hybridized carbons (Fsp3) is 0.375. The van der Waals surface area contributed by atoms with Crippen molar-refractivity contribution >= 4 is 10.1 Å². The summed E-state index contributed by atoms with van der Waals surface area (Å²) in [5.41, 5.74) is 0.434. The number of rotatable bonds is 3. The molecule has 0 aliphatic rings. The SMILES string of the molecule is C[C@H](CS(=O)(=O)O)c1ccc(F)cn1. The maximum Gasteiger partial charge on any atom is 0.265 e. The topological polar surface area (TPSA) is 67.3 Å². The first kappa shape index (κ1) is 11.1. The molecule has 0 aromatic carbocycles. The highest BCUT2D eigenvalue weighted by atomic mass is 32.2. The van der Waals surface area contributed by atoms with Crippen molar-refractivity contribution in [2.75, 3.05) is 5.75 Å². The molecular weight excluding hydrogens is 209 g/mol. The van der Waals surface area contributed by atoms with E-state index in [-0.39, 0.29) is 0 Å². The highest BCUT2D eigenvalue weighted by molar-refractivity contribution is 7.85. The first-order chi connectivity index (χ1) is 6.38. The van der Waals surface area contributed by atoms with E-state index in [4.69, 9.17) is 4.55 Å². The van der Waals surface area contributed by atoms with Crippen LogP contribution in [0.4, 0.5) is 4.39 Å². The molecule has 1 aromatic rings. The zero-order chi connectivity index (χ0) is 10.8. The van der Waals surface area contributed by atoms with E-state index in [9.17, 15) is 12.8 Å². The number of hydrogen-bond acceptors (Lipinski definition) is 3. The molecule has 0 amide bonds. The van der Waals surface area contributed by atoms with E-state index in [2.05, 4.69) is 4.98 Å². The van der Waals surface area contributed by atoms with Gasteiger partial charge >= 0.3 is 0 Å². The van der Waals surface area contributed by atoms with Gasteiger partial charge in [-0.15, -0.1) is 0 Å². The van der Waals surface area contributed by atoms with Crippen LogP contribution in [0.2, 0.25) is 0 Å². The van der Waals surface area contributed by atoms with Crippen LogP contribution in [0.15, 0.2) is 18.3 Å². The highest BCUT2D eigenvalue weighted by Crippen LogP contribution is 2.14. The Bertz CT molecular complexity index is 401. The first-order valence-electron chi connectivity index (χ1n) is 3.95. The lowest BCUT2D eigenvalue weighted by molar-refractivity contribution is 0.478. The molecule has 0 saturated heterocycles. The third kappa shape index (κ3) is 3.39. The number of aromatic nitrogens is 1. The molecule has 0 fully saturated rings. The molecule has 1 rings (SSSR count). The van der Waals surface area contributed by atoms with Gasteiger partial charge < -0.3 is 0 Å². The lowest BCUT2D eigenvalue weighted by atomic mass is 10.1. The fourth-order valence-electron chi connectivity index (χ4n) is 1.08. The second-order valence-corrected chi connectivity index (χ2v) is 4.55. The second kappa shape index (κ2) is 4.02. The molecule has 0 aliphatic carbocycles. The summed E-state index contributed by atoms with van der Waals surface area (Å²) in [5, 5.41) is 0. The van der Waals surface area contributed by atoms with Crippen LogP contribution in [0.1, 0.15) is 18.5 Å². The van der Waals surface area contributed by atoms with Gasteiger partial charge in [-0.25, -0.2) is 4.39 Å². The van der Waals surface area contributed by atoms with Crippen LogP contribution < -0.4 is 0 Å². The van der Waals surface area contributed by atoms with Crippen molar-refractivity contribution < 1.29 is 17.4 Å². The predicted molar refractivity (Wildman–Crippen MR) is 49.0 cm³/mol. The van der Waals surface area contributed by atoms with Gasteiger partial charge in [0.05, 0.1) is 11.9 Å². The molecule has 1 heterocycles. The van der Waals surface area contributed by atoms with E-state index in [1.54, 1.807) is 6.92 Å². The summed E-state index contributed by atoms with van der Waals surface area (Å²) in [7, 11) is -4.02. The molecule has 1 N–H and O–H groups in total. The maximum absolute atomic E-state index is 12.5. The Balaban J connectivity index is 2.80. The Kier molecular flexibility index (Phi) is 3.17. The normalized spacial score (nSPS) is 13.9. The minimum absolute atomic E-state index is 0.411. The molecule has 1 aromatic heterocycles. The Labute approximate surface area is 81.5 Å². The predicted octanol–water partition coefficient (Wildman–Crippen LogP) is 1.21. The van der Waals surface area contributed by atoms with E-state index in [1.807, 2.05) is 0 Å². The Morgan fingerprint density at radius 2 is 2.21 bits per heavy atom. The zero-order valence-electron chi connectivity index (χ0n) is 7.51. The molecule has 0 aliphatic heterocycles. The zero-order valence-corrected chi connectivity index (χ0v) is 8.33. The number of nitrogens with zero attached hydrogens (tertiary/aromatic N) is 1. The van der Waals surface area contributed by atoms with Crippen molar-refractivity contribution in [3.63, 3.8) is 0 Å². The van der Waals surface area contributed by atoms with Crippen LogP contribution in [-0.2, 0) is 10.1 Å². The summed E-state index contributed by atoms with van der Waals surface area (Å²) in [5.74, 6) is -1.34. The van der Waals surface area contributed by atoms with Crippen LogP contribution in [-0.4, -0.2) is 23.7 Å². The van der Waals surface area contributed by atoms with Crippen LogP contribution >= 0.6 is 0 Å². The minimum atomic E-state index is -4.02. The number of halogens is 1. The van der Waals surface area contributed by atoms with Crippen molar-refractivity contribution in [1.29, 1.82) is 0 Å². The van der Waals surface area contributed by atoms with Gasteiger partial charge in [-0.3, -0.25) is 9.54 Å². The second-order valence-electron chi connectivity index (χ2n) is 3.05. The van der Waals surface area contributed by atoms with Crippen LogP contribution in [0.3, 0.4) is 0 Å². The lowest BCUT2D eigenvalue weighted by Gasteiger charge is -2.07. The van der Waals surface area contributed by atoms with E-state index in [0.717, 1.165) is 6.20 Å². The standard InChI is InChI=1S/C8H10FNO3S/c1-6(5-14(11,12)13)8-3-2-7(9)4-10-8/h2-4,6H,5H2,1H3,(H,11,12,13)/t6-/m1/s1. The third-order valence-corrected chi connectivity index (χ3v) is 2.64. The molecule has 0 bridgehead atoms. The van der Waals surface area contributed by atoms with Gasteiger partial charge in [0.25, 0.3) is 10.1 Å². The van der Waals surface area contributed by atoms with Crippen molar-refractivity contribution in [2.24, 2.45) is 0 Å². The van der Waals surface area contributed by atoms with E-state index in [1.165, 1.54) is 12.1 Å². The minimum Gasteiger partial charge on any atom is -0.286 e. The highest BCUT2D eigenvalue weighted by Gasteiger charge is 2.15. The molecule has 14 heavy (non-hydrogen) atoms. The molecule has 78 valence electrons. The molecule has 1 atom stereocenters. The van der Waals surface area contributed by atoms with Gasteiger partial charge in [-0.1, -0.05) is 6.92 Å². The molecular formula is C8H10FNO3S. The Morgan fingerprint density at radius 3 is 2.64 bits per heavy atom. The van der Waals surface area contributed by atoms with E-state index in [0.29, 0.717) is 5.69 Å². The van der Waals surface area contributed by atoms with Crippen molar-refractivity contribution in [1.82, 2.24) is 4.98 Å². The summed E-state index contributed by atoms with van der Waals surface area (Å²) in [6, 6.07) is 2.59. The summed E-state index contributed by atoms with van der Waals surface area (Å²) in [6.07, 6.45) is 1.01. The summed E-state index contributed by atoms with van der Waals surface area (Å²) in [4.78, 5) is 3.71. The largest absolute Gasteiger partial charge is 0.286 e. The lowest BCUT2D eigenvalue weighted by Crippen LogP contribution is -2.12. The van der Waals surface area contributed by atoms with Crippen LogP contribution in [0.25, 0.3) is 0 Å². The molecule has 0 unspecified atom stereocenters. The quantitative estimate of drug-likeness (QED) is 0.776. The smallest absolute Gasteiger partial charge is 0.265 e. The average Bonchev–Trinajstić information content (AvgIpc) is 2.02. The van der Waals surface area contributed by atoms with Gasteiger partial charge in [-0.05, 0) is 12.1 Å². The van der Waals surface area contributed by atoms with Crippen molar-refractivity contribution in [3.8, 4) is 0 Å². The van der Waals surface area contributed by atoms with Gasteiger partial charge in [0, 0.05) is 11.6 Å². The van der Waals surface area contributed by atoms with Crippen molar-refractivity contribution in [2.45, 2.75) is 12.8 Å². The molecule has 0 radical (unpaired) electrons. The van der Waals surface area contributed by atoms with Gasteiger partial charge in [0.1, 0.15) is 5.82 Å². The molecule has 4 nitrogen and oxygen atoms in total. The average molecular weight is 219 g/mol. The van der Waals surface area contributed by atoms with Crippen molar-refractivity contribution in [3.05, 3.63) is 29.8 Å². The van der Waals surface area contributed by atoms with E-state index >= 15 is 0 Å². The molecule has 0 spiro atoms.